The summed E-state index contributed by atoms with van der Waals surface area (Å²) in [7, 11) is 0. The third-order valence-corrected chi connectivity index (χ3v) is 3.54. The summed E-state index contributed by atoms with van der Waals surface area (Å²) < 4.78 is 2.28. The van der Waals surface area contributed by atoms with Gasteiger partial charge in [0.15, 0.2) is 0 Å². The summed E-state index contributed by atoms with van der Waals surface area (Å²) in [4.78, 5) is 23.5. The molecule has 0 radical (unpaired) electrons. The minimum absolute atomic E-state index is 0.141. The van der Waals surface area contributed by atoms with Crippen LogP contribution < -0.4 is 10.9 Å². The lowest BCUT2D eigenvalue weighted by Crippen LogP contribution is -2.26. The van der Waals surface area contributed by atoms with Gasteiger partial charge in [-0.15, -0.1) is 0 Å². The number of halogens is 1. The maximum absolute atomic E-state index is 11.8. The highest BCUT2D eigenvalue weighted by Crippen LogP contribution is 2.06. The molecule has 1 N–H and O–H groups in total. The molecule has 1 aromatic heterocycles. The van der Waals surface area contributed by atoms with Gasteiger partial charge < -0.3 is 9.88 Å². The first-order valence-electron chi connectivity index (χ1n) is 6.70. The van der Waals surface area contributed by atoms with Crippen molar-refractivity contribution in [2.75, 3.05) is 0 Å². The number of benzene rings is 1. The first kappa shape index (κ1) is 16.0. The van der Waals surface area contributed by atoms with Crippen LogP contribution in [0.4, 0.5) is 0 Å². The molecular weight excluding hydrogens is 346 g/mol. The SMILES string of the molecule is N#Cc1cccc(CNC(=O)CCn2cc(Br)ccc2=O)c1. The van der Waals surface area contributed by atoms with Crippen LogP contribution in [0, 0.1) is 11.3 Å². The van der Waals surface area contributed by atoms with E-state index in [2.05, 4.69) is 27.3 Å². The van der Waals surface area contributed by atoms with Crippen molar-refractivity contribution in [1.29, 1.82) is 5.26 Å². The molecule has 112 valence electrons. The smallest absolute Gasteiger partial charge is 0.250 e. The Morgan fingerprint density at radius 2 is 2.14 bits per heavy atom. The normalized spacial score (nSPS) is 10.0. The fourth-order valence-electron chi connectivity index (χ4n) is 1.94. The Kier molecular flexibility index (Phi) is 5.50. The molecule has 0 aliphatic carbocycles. The number of hydrogen-bond acceptors (Lipinski definition) is 3. The molecule has 6 heteroatoms. The second-order valence-electron chi connectivity index (χ2n) is 4.72. The van der Waals surface area contributed by atoms with Crippen molar-refractivity contribution >= 4 is 21.8 Å². The molecule has 0 atom stereocenters. The summed E-state index contributed by atoms with van der Waals surface area (Å²) in [6.45, 7) is 0.685. The molecule has 1 aromatic carbocycles. The van der Waals surface area contributed by atoms with Crippen LogP contribution >= 0.6 is 15.9 Å². The summed E-state index contributed by atoms with van der Waals surface area (Å²) in [5.41, 5.74) is 1.29. The minimum atomic E-state index is -0.144. The zero-order valence-corrected chi connectivity index (χ0v) is 13.3. The summed E-state index contributed by atoms with van der Waals surface area (Å²) in [5, 5.41) is 11.6. The van der Waals surface area contributed by atoms with Gasteiger partial charge in [0.2, 0.25) is 5.91 Å². The summed E-state index contributed by atoms with van der Waals surface area (Å²) in [5.74, 6) is -0.144. The second-order valence-corrected chi connectivity index (χ2v) is 5.63. The van der Waals surface area contributed by atoms with Crippen LogP contribution in [-0.4, -0.2) is 10.5 Å². The third-order valence-electron chi connectivity index (χ3n) is 3.07. The molecule has 5 nitrogen and oxygen atoms in total. The average Bonchev–Trinajstić information content (AvgIpc) is 2.54. The second kappa shape index (κ2) is 7.57. The van der Waals surface area contributed by atoms with E-state index in [4.69, 9.17) is 5.26 Å². The number of rotatable bonds is 5. The van der Waals surface area contributed by atoms with Crippen LogP contribution in [-0.2, 0) is 17.9 Å². The van der Waals surface area contributed by atoms with Crippen LogP contribution in [0.2, 0.25) is 0 Å². The first-order chi connectivity index (χ1) is 10.6. The van der Waals surface area contributed by atoms with Crippen LogP contribution in [0.25, 0.3) is 0 Å². The average molecular weight is 360 g/mol. The first-order valence-corrected chi connectivity index (χ1v) is 7.49. The Labute approximate surface area is 136 Å². The lowest BCUT2D eigenvalue weighted by molar-refractivity contribution is -0.121. The summed E-state index contributed by atoms with van der Waals surface area (Å²) >= 11 is 3.29. The molecule has 0 fully saturated rings. The molecule has 1 amide bonds. The number of nitrogens with one attached hydrogen (secondary N) is 1. The van der Waals surface area contributed by atoms with Gasteiger partial charge in [-0.1, -0.05) is 12.1 Å². The molecule has 0 saturated heterocycles. The van der Waals surface area contributed by atoms with Crippen molar-refractivity contribution in [2.24, 2.45) is 0 Å². The predicted octanol–water partition coefficient (Wildman–Crippen LogP) is 2.19. The molecule has 0 saturated carbocycles. The van der Waals surface area contributed by atoms with E-state index < -0.39 is 0 Å². The van der Waals surface area contributed by atoms with E-state index in [9.17, 15) is 9.59 Å². The fraction of sp³-hybridized carbons (Fsp3) is 0.188. The van der Waals surface area contributed by atoms with E-state index in [-0.39, 0.29) is 17.9 Å². The fourth-order valence-corrected chi connectivity index (χ4v) is 2.32. The number of amides is 1. The monoisotopic (exact) mass is 359 g/mol. The molecule has 1 heterocycles. The zero-order chi connectivity index (χ0) is 15.9. The van der Waals surface area contributed by atoms with Gasteiger partial charge in [0.05, 0.1) is 11.6 Å². The van der Waals surface area contributed by atoms with Crippen molar-refractivity contribution in [3.8, 4) is 6.07 Å². The Bertz CT molecular complexity index is 777. The lowest BCUT2D eigenvalue weighted by Gasteiger charge is -2.07. The van der Waals surface area contributed by atoms with E-state index in [1.54, 1.807) is 30.5 Å². The minimum Gasteiger partial charge on any atom is -0.352 e. The van der Waals surface area contributed by atoms with E-state index in [0.717, 1.165) is 10.0 Å². The van der Waals surface area contributed by atoms with Gasteiger partial charge >= 0.3 is 0 Å². The number of nitrogens with zero attached hydrogens (tertiary/aromatic N) is 2. The largest absolute Gasteiger partial charge is 0.352 e. The quantitative estimate of drug-likeness (QED) is 0.888. The highest BCUT2D eigenvalue weighted by molar-refractivity contribution is 9.10. The van der Waals surface area contributed by atoms with Crippen LogP contribution in [0.15, 0.2) is 51.9 Å². The number of carbonyl (C=O) groups is 1. The van der Waals surface area contributed by atoms with Crippen LogP contribution in [0.5, 0.6) is 0 Å². The Balaban J connectivity index is 1.87. The third kappa shape index (κ3) is 4.57. The number of aryl methyl sites for hydroxylation is 1. The molecule has 0 bridgehead atoms. The van der Waals surface area contributed by atoms with Gasteiger partial charge in [-0.2, -0.15) is 5.26 Å². The molecule has 2 rings (SSSR count). The molecule has 0 unspecified atom stereocenters. The number of pyridine rings is 1. The molecule has 0 aliphatic rings. The van der Waals surface area contributed by atoms with Gasteiger partial charge in [-0.3, -0.25) is 9.59 Å². The molecule has 0 spiro atoms. The Morgan fingerprint density at radius 3 is 2.91 bits per heavy atom. The van der Waals surface area contributed by atoms with E-state index in [1.165, 1.54) is 10.6 Å². The van der Waals surface area contributed by atoms with Gasteiger partial charge in [0, 0.05) is 36.2 Å². The molecule has 0 aliphatic heterocycles. The number of aromatic nitrogens is 1. The molecule has 2 aromatic rings. The van der Waals surface area contributed by atoms with Crippen LogP contribution in [0.3, 0.4) is 0 Å². The van der Waals surface area contributed by atoms with Gasteiger partial charge in [0.25, 0.3) is 5.56 Å². The van der Waals surface area contributed by atoms with Gasteiger partial charge in [-0.25, -0.2) is 0 Å². The van der Waals surface area contributed by atoms with Gasteiger partial charge in [0.1, 0.15) is 0 Å². The van der Waals surface area contributed by atoms with Crippen molar-refractivity contribution in [2.45, 2.75) is 19.5 Å². The summed E-state index contributed by atoms with van der Waals surface area (Å²) in [6.07, 6.45) is 1.88. The van der Waals surface area contributed by atoms with E-state index >= 15 is 0 Å². The topological polar surface area (TPSA) is 74.9 Å². The standard InChI is InChI=1S/C16H14BrN3O2/c17-14-4-5-16(22)20(11-14)7-6-15(21)19-10-13-3-1-2-12(8-13)9-18/h1-5,8,11H,6-7,10H2,(H,19,21). The molecular formula is C16H14BrN3O2. The highest BCUT2D eigenvalue weighted by Gasteiger charge is 2.04. The summed E-state index contributed by atoms with van der Waals surface area (Å²) in [6, 6.07) is 12.3. The van der Waals surface area contributed by atoms with Crippen molar-refractivity contribution in [3.05, 3.63) is 68.5 Å². The predicted molar refractivity (Wildman–Crippen MR) is 86.0 cm³/mol. The highest BCUT2D eigenvalue weighted by atomic mass is 79.9. The van der Waals surface area contributed by atoms with Crippen LogP contribution in [0.1, 0.15) is 17.5 Å². The number of carbonyl (C=O) groups excluding carboxylic acids is 1. The van der Waals surface area contributed by atoms with Crippen molar-refractivity contribution in [3.63, 3.8) is 0 Å². The number of nitriles is 1. The van der Waals surface area contributed by atoms with Crippen molar-refractivity contribution in [1.82, 2.24) is 9.88 Å². The maximum atomic E-state index is 11.8. The Morgan fingerprint density at radius 1 is 1.32 bits per heavy atom. The Hall–Kier alpha value is -2.39. The van der Waals surface area contributed by atoms with E-state index in [0.29, 0.717) is 18.7 Å². The number of hydrogen-bond donors (Lipinski definition) is 1. The van der Waals surface area contributed by atoms with Gasteiger partial charge in [-0.05, 0) is 39.7 Å². The zero-order valence-electron chi connectivity index (χ0n) is 11.8. The van der Waals surface area contributed by atoms with Crippen molar-refractivity contribution < 1.29 is 4.79 Å². The van der Waals surface area contributed by atoms with E-state index in [1.807, 2.05) is 6.07 Å². The molecule has 22 heavy (non-hydrogen) atoms. The maximum Gasteiger partial charge on any atom is 0.250 e. The lowest BCUT2D eigenvalue weighted by atomic mass is 10.1.